The first-order valence-corrected chi connectivity index (χ1v) is 7.46. The second-order valence-corrected chi connectivity index (χ2v) is 5.57. The zero-order chi connectivity index (χ0) is 18.0. The van der Waals surface area contributed by atoms with Gasteiger partial charge in [-0.25, -0.2) is 9.18 Å². The van der Waals surface area contributed by atoms with Crippen LogP contribution < -0.4 is 4.74 Å². The van der Waals surface area contributed by atoms with Gasteiger partial charge in [-0.05, 0) is 18.2 Å². The molecule has 0 aromatic heterocycles. The number of esters is 1. The minimum absolute atomic E-state index is 0.00442. The number of carbonyl (C=O) groups is 1. The van der Waals surface area contributed by atoms with E-state index in [4.69, 9.17) is 25.8 Å². The Balaban J connectivity index is 1.83. The molecule has 0 aliphatic carbocycles. The lowest BCUT2D eigenvalue weighted by molar-refractivity contribution is -0.385. The molecule has 1 aliphatic heterocycles. The summed E-state index contributed by atoms with van der Waals surface area (Å²) in [6.07, 6.45) is 0. The normalized spacial score (nSPS) is 12.9. The van der Waals surface area contributed by atoms with Crippen LogP contribution in [0.1, 0.15) is 21.5 Å². The van der Waals surface area contributed by atoms with Gasteiger partial charge in [0.15, 0.2) is 6.79 Å². The molecule has 0 radical (unpaired) electrons. The summed E-state index contributed by atoms with van der Waals surface area (Å²) in [4.78, 5) is 22.6. The molecule has 7 nitrogen and oxygen atoms in total. The number of fused-ring (bicyclic) bond motifs is 1. The highest BCUT2D eigenvalue weighted by molar-refractivity contribution is 6.33. The smallest absolute Gasteiger partial charge is 0.339 e. The van der Waals surface area contributed by atoms with E-state index >= 15 is 0 Å². The van der Waals surface area contributed by atoms with Gasteiger partial charge in [-0.3, -0.25) is 10.1 Å². The van der Waals surface area contributed by atoms with E-state index < -0.39 is 16.7 Å². The van der Waals surface area contributed by atoms with E-state index in [0.717, 1.165) is 12.1 Å². The summed E-state index contributed by atoms with van der Waals surface area (Å²) in [5, 5.41) is 11.0. The molecule has 0 atom stereocenters. The molecular formula is C16H11ClFNO6. The number of hydrogen-bond acceptors (Lipinski definition) is 6. The van der Waals surface area contributed by atoms with Crippen LogP contribution >= 0.6 is 11.6 Å². The van der Waals surface area contributed by atoms with Crippen molar-refractivity contribution in [3.63, 3.8) is 0 Å². The summed E-state index contributed by atoms with van der Waals surface area (Å²) in [5.74, 6) is -0.977. The van der Waals surface area contributed by atoms with Gasteiger partial charge < -0.3 is 14.2 Å². The molecule has 0 fully saturated rings. The molecule has 2 aromatic carbocycles. The summed E-state index contributed by atoms with van der Waals surface area (Å²) in [7, 11) is 0. The van der Waals surface area contributed by atoms with Crippen molar-refractivity contribution in [1.29, 1.82) is 0 Å². The first-order chi connectivity index (χ1) is 12.0. The van der Waals surface area contributed by atoms with Gasteiger partial charge in [-0.2, -0.15) is 0 Å². The molecule has 0 saturated carbocycles. The number of nitro benzene ring substituents is 1. The molecule has 0 saturated heterocycles. The van der Waals surface area contributed by atoms with Crippen LogP contribution in [0.3, 0.4) is 0 Å². The zero-order valence-corrected chi connectivity index (χ0v) is 13.4. The van der Waals surface area contributed by atoms with Crippen molar-refractivity contribution in [2.45, 2.75) is 13.2 Å². The first-order valence-electron chi connectivity index (χ1n) is 7.08. The number of rotatable bonds is 4. The molecule has 0 N–H and O–H groups in total. The fourth-order valence-corrected chi connectivity index (χ4v) is 2.61. The number of non-ortho nitro benzene ring substituents is 1. The van der Waals surface area contributed by atoms with Crippen molar-refractivity contribution < 1.29 is 28.3 Å². The highest BCUT2D eigenvalue weighted by Crippen LogP contribution is 2.33. The molecule has 3 rings (SSSR count). The summed E-state index contributed by atoms with van der Waals surface area (Å²) < 4.78 is 28.6. The van der Waals surface area contributed by atoms with Crippen molar-refractivity contribution in [3.05, 3.63) is 68.0 Å². The van der Waals surface area contributed by atoms with E-state index in [1.54, 1.807) is 0 Å². The van der Waals surface area contributed by atoms with Gasteiger partial charge in [0.1, 0.15) is 18.2 Å². The quantitative estimate of drug-likeness (QED) is 0.466. The van der Waals surface area contributed by atoms with E-state index in [1.165, 1.54) is 18.2 Å². The maximum absolute atomic E-state index is 13.0. The molecule has 0 spiro atoms. The average molecular weight is 368 g/mol. The van der Waals surface area contributed by atoms with Gasteiger partial charge in [0.25, 0.3) is 5.69 Å². The molecule has 1 aliphatic rings. The van der Waals surface area contributed by atoms with Gasteiger partial charge in [0, 0.05) is 23.3 Å². The van der Waals surface area contributed by atoms with Gasteiger partial charge >= 0.3 is 5.97 Å². The number of nitro groups is 1. The Morgan fingerprint density at radius 1 is 1.36 bits per heavy atom. The second-order valence-electron chi connectivity index (χ2n) is 5.16. The summed E-state index contributed by atoms with van der Waals surface area (Å²) in [6.45, 7) is -0.117. The fourth-order valence-electron chi connectivity index (χ4n) is 2.37. The molecule has 25 heavy (non-hydrogen) atoms. The highest BCUT2D eigenvalue weighted by Gasteiger charge is 2.22. The van der Waals surface area contributed by atoms with Crippen LogP contribution in [0.4, 0.5) is 10.1 Å². The average Bonchev–Trinajstić information content (AvgIpc) is 2.59. The van der Waals surface area contributed by atoms with E-state index in [-0.39, 0.29) is 36.3 Å². The highest BCUT2D eigenvalue weighted by atomic mass is 35.5. The minimum Gasteiger partial charge on any atom is -0.467 e. The van der Waals surface area contributed by atoms with Crippen LogP contribution in [0, 0.1) is 15.9 Å². The number of ether oxygens (including phenoxy) is 3. The molecule has 1 heterocycles. The Labute approximate surface area is 146 Å². The lowest BCUT2D eigenvalue weighted by Gasteiger charge is -2.20. The second kappa shape index (κ2) is 7.04. The maximum atomic E-state index is 13.0. The number of hydrogen-bond donors (Lipinski definition) is 0. The predicted octanol–water partition coefficient (Wildman–Crippen LogP) is 3.61. The minimum atomic E-state index is -0.780. The Morgan fingerprint density at radius 3 is 2.88 bits per heavy atom. The number of nitrogens with zero attached hydrogens (tertiary/aromatic N) is 1. The summed E-state index contributed by atoms with van der Waals surface area (Å²) in [5.41, 5.74) is 0.649. The van der Waals surface area contributed by atoms with Crippen molar-refractivity contribution in [2.24, 2.45) is 0 Å². The van der Waals surface area contributed by atoms with Gasteiger partial charge in [0.05, 0.1) is 22.1 Å². The fraction of sp³-hybridized carbons (Fsp3) is 0.188. The molecule has 0 bridgehead atoms. The maximum Gasteiger partial charge on any atom is 0.339 e. The SMILES string of the molecule is O=C(OCc1cc([N+](=O)[O-])cc2c1OCOC2)c1ccc(F)cc1Cl. The Morgan fingerprint density at radius 2 is 2.16 bits per heavy atom. The van der Waals surface area contributed by atoms with E-state index in [0.29, 0.717) is 16.9 Å². The van der Waals surface area contributed by atoms with Crippen molar-refractivity contribution in [3.8, 4) is 5.75 Å². The molecule has 2 aromatic rings. The summed E-state index contributed by atoms with van der Waals surface area (Å²) in [6, 6.07) is 5.89. The Kier molecular flexibility index (Phi) is 4.82. The molecule has 9 heteroatoms. The third-order valence-electron chi connectivity index (χ3n) is 3.49. The van der Waals surface area contributed by atoms with Crippen LogP contribution in [-0.4, -0.2) is 17.7 Å². The van der Waals surface area contributed by atoms with Crippen LogP contribution in [0.15, 0.2) is 30.3 Å². The lowest BCUT2D eigenvalue weighted by Crippen LogP contribution is -2.15. The van der Waals surface area contributed by atoms with Crippen LogP contribution in [0.5, 0.6) is 5.75 Å². The third-order valence-corrected chi connectivity index (χ3v) is 3.81. The third kappa shape index (κ3) is 3.70. The summed E-state index contributed by atoms with van der Waals surface area (Å²) >= 11 is 5.82. The standard InChI is InChI=1S/C16H11ClFNO6/c17-14-5-11(18)1-2-13(14)16(20)24-7-10-4-12(19(21)22)3-9-6-23-8-25-15(9)10/h1-5H,6-8H2. The largest absolute Gasteiger partial charge is 0.467 e. The first kappa shape index (κ1) is 17.1. The topological polar surface area (TPSA) is 87.9 Å². The lowest BCUT2D eigenvalue weighted by atomic mass is 10.1. The van der Waals surface area contributed by atoms with E-state index in [2.05, 4.69) is 0 Å². The molecule has 0 amide bonds. The predicted molar refractivity (Wildman–Crippen MR) is 83.9 cm³/mol. The Hall–Kier alpha value is -2.71. The monoisotopic (exact) mass is 367 g/mol. The molecular weight excluding hydrogens is 357 g/mol. The van der Waals surface area contributed by atoms with Crippen LogP contribution in [0.2, 0.25) is 5.02 Å². The number of carbonyl (C=O) groups excluding carboxylic acids is 1. The molecule has 130 valence electrons. The van der Waals surface area contributed by atoms with Crippen molar-refractivity contribution >= 4 is 23.3 Å². The van der Waals surface area contributed by atoms with Gasteiger partial charge in [-0.15, -0.1) is 0 Å². The van der Waals surface area contributed by atoms with Crippen molar-refractivity contribution in [1.82, 2.24) is 0 Å². The van der Waals surface area contributed by atoms with E-state index in [9.17, 15) is 19.3 Å². The van der Waals surface area contributed by atoms with E-state index in [1.807, 2.05) is 0 Å². The number of benzene rings is 2. The zero-order valence-electron chi connectivity index (χ0n) is 12.7. The number of halogens is 2. The van der Waals surface area contributed by atoms with Gasteiger partial charge in [-0.1, -0.05) is 11.6 Å². The van der Waals surface area contributed by atoms with Gasteiger partial charge in [0.2, 0.25) is 0 Å². The van der Waals surface area contributed by atoms with Crippen molar-refractivity contribution in [2.75, 3.05) is 6.79 Å². The molecule has 0 unspecified atom stereocenters. The Bertz CT molecular complexity index is 857. The van der Waals surface area contributed by atoms with Crippen LogP contribution in [-0.2, 0) is 22.7 Å². The van der Waals surface area contributed by atoms with Crippen LogP contribution in [0.25, 0.3) is 0 Å².